The Balaban J connectivity index is 1.95. The Morgan fingerprint density at radius 3 is 1.37 bits per heavy atom. The molecule has 0 N–H and O–H groups in total. The van der Waals surface area contributed by atoms with Gasteiger partial charge in [0.1, 0.15) is 0 Å². The van der Waals surface area contributed by atoms with E-state index in [1.807, 2.05) is 48.5 Å². The summed E-state index contributed by atoms with van der Waals surface area (Å²) in [4.78, 5) is 26.9. The van der Waals surface area contributed by atoms with Gasteiger partial charge in [0.15, 0.2) is 0 Å². The molecule has 144 valence electrons. The molecule has 30 heavy (non-hydrogen) atoms. The molecule has 2 heterocycles. The molecule has 0 aliphatic carbocycles. The van der Waals surface area contributed by atoms with E-state index < -0.39 is 0 Å². The minimum atomic E-state index is -0.138. The zero-order valence-electron chi connectivity index (χ0n) is 15.2. The second-order valence-corrected chi connectivity index (χ2v) is 9.99. The van der Waals surface area contributed by atoms with Gasteiger partial charge >= 0.3 is 0 Å². The van der Waals surface area contributed by atoms with Crippen LogP contribution in [0.1, 0.15) is 0 Å². The van der Waals surface area contributed by atoms with E-state index in [1.165, 1.54) is 22.7 Å². The van der Waals surface area contributed by atoms with E-state index in [4.69, 9.17) is 23.2 Å². The summed E-state index contributed by atoms with van der Waals surface area (Å²) in [6, 6.07) is 18.6. The van der Waals surface area contributed by atoms with Gasteiger partial charge in [-0.3, -0.25) is 9.59 Å². The summed E-state index contributed by atoms with van der Waals surface area (Å²) < 4.78 is 2.79. The lowest BCUT2D eigenvalue weighted by Gasteiger charge is -2.07. The monoisotopic (exact) mass is 464 g/mol. The van der Waals surface area contributed by atoms with Crippen molar-refractivity contribution in [1.82, 2.24) is 0 Å². The first-order valence-electron chi connectivity index (χ1n) is 9.16. The minimum absolute atomic E-state index is 0.138. The van der Waals surface area contributed by atoms with Crippen LogP contribution in [-0.2, 0) is 0 Å². The highest BCUT2D eigenvalue weighted by Crippen LogP contribution is 2.35. The maximum atomic E-state index is 13.5. The van der Waals surface area contributed by atoms with E-state index in [0.717, 1.165) is 30.9 Å². The molecule has 0 aliphatic rings. The van der Waals surface area contributed by atoms with Gasteiger partial charge in [-0.15, -0.1) is 22.7 Å². The van der Waals surface area contributed by atoms with Gasteiger partial charge in [0.2, 0.25) is 10.9 Å². The molecular weight excluding hydrogens is 455 g/mol. The fraction of sp³-hybridized carbons (Fsp3) is 0. The molecule has 6 aromatic rings. The normalized spacial score (nSPS) is 13.1. The third kappa shape index (κ3) is 2.42. The van der Waals surface area contributed by atoms with Gasteiger partial charge in [-0.05, 0) is 24.3 Å². The number of benzene rings is 4. The van der Waals surface area contributed by atoms with Gasteiger partial charge in [0.05, 0.1) is 9.06 Å². The van der Waals surface area contributed by atoms with Crippen LogP contribution in [0.3, 0.4) is 0 Å². The summed E-state index contributed by atoms with van der Waals surface area (Å²) in [5, 5.41) is 5.80. The third-order valence-electron chi connectivity index (χ3n) is 5.43. The Morgan fingerprint density at radius 1 is 0.533 bits per heavy atom. The molecule has 6 heteroatoms. The molecule has 0 atom stereocenters. The first kappa shape index (κ1) is 18.3. The topological polar surface area (TPSA) is 34.1 Å². The van der Waals surface area contributed by atoms with Crippen LogP contribution >= 0.6 is 45.9 Å². The lowest BCUT2D eigenvalue weighted by molar-refractivity contribution is 1.59. The highest BCUT2D eigenvalue weighted by atomic mass is 35.5. The molecule has 0 saturated carbocycles. The molecule has 0 spiro atoms. The molecule has 6 rings (SSSR count). The van der Waals surface area contributed by atoms with E-state index in [-0.39, 0.29) is 10.9 Å². The standard InChI is InChI=1S/C24H10Cl2O2S2/c25-15-7-9-17-19-11(15)3-1-5-13(19)21(27)23(29-17)24-22(28)14-6-2-4-12-16(26)8-10-18(30-24)20(12)14/h1-10H. The van der Waals surface area contributed by atoms with Crippen LogP contribution in [0, 0.1) is 9.06 Å². The highest BCUT2D eigenvalue weighted by Gasteiger charge is 2.14. The summed E-state index contributed by atoms with van der Waals surface area (Å²) in [5.74, 6) is 0. The fourth-order valence-corrected chi connectivity index (χ4v) is 6.91. The molecule has 0 fully saturated rings. The summed E-state index contributed by atoms with van der Waals surface area (Å²) in [5.41, 5.74) is -0.276. The van der Waals surface area contributed by atoms with Gasteiger partial charge < -0.3 is 0 Å². The van der Waals surface area contributed by atoms with E-state index in [2.05, 4.69) is 0 Å². The summed E-state index contributed by atoms with van der Waals surface area (Å²) >= 11 is 15.4. The van der Waals surface area contributed by atoms with Crippen LogP contribution in [0.15, 0.2) is 70.3 Å². The maximum Gasteiger partial charge on any atom is 0.205 e. The minimum Gasteiger partial charge on any atom is -0.288 e. The summed E-state index contributed by atoms with van der Waals surface area (Å²) in [7, 11) is 0. The molecule has 0 amide bonds. The first-order chi connectivity index (χ1) is 14.5. The van der Waals surface area contributed by atoms with E-state index in [9.17, 15) is 9.59 Å². The number of hydrogen-bond donors (Lipinski definition) is 0. The van der Waals surface area contributed by atoms with Crippen molar-refractivity contribution in [3.05, 3.63) is 100 Å². The molecule has 2 nitrogen and oxygen atoms in total. The van der Waals surface area contributed by atoms with E-state index in [0.29, 0.717) is 29.9 Å². The predicted octanol–water partition coefficient (Wildman–Crippen LogP) is 7.17. The quantitative estimate of drug-likeness (QED) is 0.238. The fourth-order valence-electron chi connectivity index (χ4n) is 4.08. The molecule has 0 radical (unpaired) electrons. The Kier molecular flexibility index (Phi) is 3.96. The van der Waals surface area contributed by atoms with Crippen LogP contribution in [-0.4, -0.2) is 0 Å². The van der Waals surface area contributed by atoms with E-state index >= 15 is 0 Å². The zero-order chi connectivity index (χ0) is 20.6. The van der Waals surface area contributed by atoms with Crippen molar-refractivity contribution >= 4 is 87.6 Å². The SMILES string of the molecule is O=c1c(=c2sc3ccc(Cl)c4cccc(c2=O)c34)sc2ccc(Cl)c3cccc1c23. The van der Waals surface area contributed by atoms with Crippen molar-refractivity contribution in [2.24, 2.45) is 0 Å². The Labute approximate surface area is 187 Å². The van der Waals surface area contributed by atoms with Crippen LogP contribution in [0.2, 0.25) is 10.0 Å². The molecule has 0 saturated heterocycles. The predicted molar refractivity (Wildman–Crippen MR) is 130 cm³/mol. The van der Waals surface area contributed by atoms with Crippen molar-refractivity contribution in [2.45, 2.75) is 0 Å². The van der Waals surface area contributed by atoms with Gasteiger partial charge in [0.25, 0.3) is 0 Å². The molecule has 0 aliphatic heterocycles. The Bertz CT molecular complexity index is 1730. The second-order valence-electron chi connectivity index (χ2n) is 7.07. The lowest BCUT2D eigenvalue weighted by Crippen LogP contribution is -2.08. The van der Waals surface area contributed by atoms with E-state index in [1.54, 1.807) is 12.1 Å². The first-order valence-corrected chi connectivity index (χ1v) is 11.6. The van der Waals surface area contributed by atoms with Gasteiger partial charge in [-0.2, -0.15) is 0 Å². The smallest absolute Gasteiger partial charge is 0.205 e. The van der Waals surface area contributed by atoms with Crippen molar-refractivity contribution in [1.29, 1.82) is 0 Å². The molecule has 4 aromatic carbocycles. The third-order valence-corrected chi connectivity index (χ3v) is 8.53. The summed E-state index contributed by atoms with van der Waals surface area (Å²) in [6.45, 7) is 0. The average Bonchev–Trinajstić information content (AvgIpc) is 2.77. The van der Waals surface area contributed by atoms with Gasteiger partial charge in [-0.1, -0.05) is 59.6 Å². The average molecular weight is 465 g/mol. The van der Waals surface area contributed by atoms with Crippen LogP contribution in [0.4, 0.5) is 0 Å². The van der Waals surface area contributed by atoms with Gasteiger partial charge in [0, 0.05) is 51.8 Å². The molecular formula is C24H10Cl2O2S2. The highest BCUT2D eigenvalue weighted by molar-refractivity contribution is 7.20. The van der Waals surface area contributed by atoms with Crippen molar-refractivity contribution in [3.8, 4) is 0 Å². The zero-order valence-corrected chi connectivity index (χ0v) is 18.3. The molecule has 2 aromatic heterocycles. The van der Waals surface area contributed by atoms with Crippen molar-refractivity contribution in [2.75, 3.05) is 0 Å². The number of rotatable bonds is 0. The molecule has 0 bridgehead atoms. The van der Waals surface area contributed by atoms with Crippen LogP contribution < -0.4 is 10.9 Å². The number of hydrogen-bond acceptors (Lipinski definition) is 4. The lowest BCUT2D eigenvalue weighted by atomic mass is 10.1. The maximum absolute atomic E-state index is 13.5. The Morgan fingerprint density at radius 2 is 0.933 bits per heavy atom. The van der Waals surface area contributed by atoms with Crippen LogP contribution in [0.5, 0.6) is 0 Å². The largest absolute Gasteiger partial charge is 0.288 e. The van der Waals surface area contributed by atoms with Crippen LogP contribution in [0.25, 0.3) is 41.7 Å². The molecule has 0 unspecified atom stereocenters. The van der Waals surface area contributed by atoms with Crippen molar-refractivity contribution < 1.29 is 0 Å². The van der Waals surface area contributed by atoms with Crippen molar-refractivity contribution in [3.63, 3.8) is 0 Å². The second kappa shape index (κ2) is 6.50. The summed E-state index contributed by atoms with van der Waals surface area (Å²) in [6.07, 6.45) is 0. The number of halogens is 2. The Hall–Kier alpha value is -2.50. The van der Waals surface area contributed by atoms with Gasteiger partial charge in [-0.25, -0.2) is 0 Å².